The summed E-state index contributed by atoms with van der Waals surface area (Å²) in [5.74, 6) is 1.63. The third kappa shape index (κ3) is 5.27. The number of rotatable bonds is 7. The van der Waals surface area contributed by atoms with E-state index < -0.39 is 6.04 Å². The summed E-state index contributed by atoms with van der Waals surface area (Å²) in [6.07, 6.45) is 6.66. The number of fused-ring (bicyclic) bond motifs is 1. The molecule has 208 valence electrons. The normalized spacial score (nSPS) is 17.0. The molecule has 5 aromatic rings. The van der Waals surface area contributed by atoms with E-state index in [1.165, 1.54) is 5.56 Å². The smallest absolute Gasteiger partial charge is 0.247 e. The second-order valence-corrected chi connectivity index (χ2v) is 10.9. The maximum absolute atomic E-state index is 11.7. The number of likely N-dealkylation sites (tertiary alicyclic amines) is 1. The van der Waals surface area contributed by atoms with E-state index in [1.807, 2.05) is 54.6 Å². The summed E-state index contributed by atoms with van der Waals surface area (Å²) in [4.78, 5) is 19.3. The molecule has 7 nitrogen and oxygen atoms in total. The first kappa shape index (κ1) is 26.0. The lowest BCUT2D eigenvalue weighted by atomic mass is 9.93. The fourth-order valence-corrected chi connectivity index (χ4v) is 5.88. The van der Waals surface area contributed by atoms with Crippen molar-refractivity contribution in [1.82, 2.24) is 25.4 Å². The van der Waals surface area contributed by atoms with Gasteiger partial charge in [-0.2, -0.15) is 0 Å². The highest BCUT2D eigenvalue weighted by atomic mass is 16.4. The molecule has 0 amide bonds. The van der Waals surface area contributed by atoms with Crippen LogP contribution in [-0.2, 0) is 11.3 Å². The molecule has 3 aromatic carbocycles. The summed E-state index contributed by atoms with van der Waals surface area (Å²) < 4.78 is 6.03. The van der Waals surface area contributed by atoms with Crippen molar-refractivity contribution in [1.29, 1.82) is 0 Å². The Kier molecular flexibility index (Phi) is 7.16. The van der Waals surface area contributed by atoms with Gasteiger partial charge >= 0.3 is 0 Å². The maximum atomic E-state index is 11.7. The Balaban J connectivity index is 1.06. The van der Waals surface area contributed by atoms with Crippen LogP contribution in [0.1, 0.15) is 47.5 Å². The van der Waals surface area contributed by atoms with Crippen molar-refractivity contribution >= 4 is 12.4 Å². The van der Waals surface area contributed by atoms with Crippen LogP contribution in [0.2, 0.25) is 0 Å². The summed E-state index contributed by atoms with van der Waals surface area (Å²) in [7, 11) is 0. The van der Waals surface area contributed by atoms with Crippen LogP contribution in [0.4, 0.5) is 0 Å². The van der Waals surface area contributed by atoms with Gasteiger partial charge in [0.05, 0.1) is 11.4 Å². The van der Waals surface area contributed by atoms with E-state index in [0.717, 1.165) is 83.9 Å². The number of nitrogens with one attached hydrogen (secondary N) is 1. The molecule has 2 aliphatic heterocycles. The minimum atomic E-state index is -0.397. The van der Waals surface area contributed by atoms with Crippen molar-refractivity contribution in [2.75, 3.05) is 13.1 Å². The van der Waals surface area contributed by atoms with Crippen molar-refractivity contribution in [3.63, 3.8) is 0 Å². The number of pyridine rings is 1. The summed E-state index contributed by atoms with van der Waals surface area (Å²) in [6, 6.07) is 30.6. The summed E-state index contributed by atoms with van der Waals surface area (Å²) in [6.45, 7) is 2.86. The molecule has 7 heteroatoms. The Hall–Kier alpha value is -4.88. The molecule has 0 spiro atoms. The third-order valence-corrected chi connectivity index (χ3v) is 8.19. The predicted molar refractivity (Wildman–Crippen MR) is 163 cm³/mol. The molecule has 2 aliphatic rings. The lowest BCUT2D eigenvalue weighted by Gasteiger charge is -2.30. The maximum Gasteiger partial charge on any atom is 0.247 e. The van der Waals surface area contributed by atoms with Crippen LogP contribution in [0.3, 0.4) is 0 Å². The second-order valence-electron chi connectivity index (χ2n) is 10.9. The zero-order valence-electron chi connectivity index (χ0n) is 23.2. The topological polar surface area (TPSA) is 84.2 Å². The van der Waals surface area contributed by atoms with Crippen LogP contribution < -0.4 is 5.32 Å². The first-order valence-corrected chi connectivity index (χ1v) is 14.4. The van der Waals surface area contributed by atoms with Crippen molar-refractivity contribution < 1.29 is 9.21 Å². The van der Waals surface area contributed by atoms with Crippen LogP contribution in [0, 0.1) is 0 Å². The Morgan fingerprint density at radius 3 is 2.29 bits per heavy atom. The van der Waals surface area contributed by atoms with Gasteiger partial charge in [-0.05, 0) is 67.5 Å². The van der Waals surface area contributed by atoms with Gasteiger partial charge in [-0.1, -0.05) is 72.8 Å². The molecule has 4 heterocycles. The number of carbonyl (C=O) groups is 1. The molecule has 2 aromatic heterocycles. The highest BCUT2D eigenvalue weighted by Crippen LogP contribution is 2.36. The van der Waals surface area contributed by atoms with Gasteiger partial charge in [0.25, 0.3) is 0 Å². The number of aldehydes is 1. The van der Waals surface area contributed by atoms with Crippen molar-refractivity contribution in [2.24, 2.45) is 0 Å². The molecule has 0 aliphatic carbocycles. The Morgan fingerprint density at radius 2 is 1.57 bits per heavy atom. The van der Waals surface area contributed by atoms with E-state index in [1.54, 1.807) is 6.20 Å². The zero-order chi connectivity index (χ0) is 28.3. The number of hydrogen-bond acceptors (Lipinski definition) is 7. The van der Waals surface area contributed by atoms with Crippen molar-refractivity contribution in [3.8, 4) is 33.8 Å². The molecule has 1 fully saturated rings. The molecular formula is C35H31N5O2. The van der Waals surface area contributed by atoms with E-state index in [0.29, 0.717) is 11.8 Å². The highest BCUT2D eigenvalue weighted by molar-refractivity contribution is 5.84. The van der Waals surface area contributed by atoms with Gasteiger partial charge in [0.2, 0.25) is 11.8 Å². The first-order valence-electron chi connectivity index (χ1n) is 14.4. The van der Waals surface area contributed by atoms with Crippen LogP contribution in [0.15, 0.2) is 102 Å². The van der Waals surface area contributed by atoms with E-state index >= 15 is 0 Å². The minimum absolute atomic E-state index is 0.295. The SMILES string of the molecule is O=CC1NC=Cc2nc(-c3ccc(CN4CCC(c5nnc(-c6ccccc6)o5)CC4)cc3)c(-c3ccccc3)cc21. The van der Waals surface area contributed by atoms with Crippen LogP contribution in [0.25, 0.3) is 39.9 Å². The standard InChI is InChI=1S/C35H31N5O2/c41-23-32-30-21-29(25-7-3-1-4-8-25)33(37-31(30)15-18-36-32)26-13-11-24(12-14-26)22-40-19-16-28(17-20-40)35-39-38-34(42-35)27-9-5-2-6-10-27/h1-15,18,21,23,28,32,36H,16-17,19-20,22H2. The van der Waals surface area contributed by atoms with Gasteiger partial charge in [0.15, 0.2) is 0 Å². The third-order valence-electron chi connectivity index (χ3n) is 8.19. The number of nitrogens with zero attached hydrogens (tertiary/aromatic N) is 4. The van der Waals surface area contributed by atoms with E-state index in [4.69, 9.17) is 9.40 Å². The van der Waals surface area contributed by atoms with Gasteiger partial charge in [-0.25, -0.2) is 4.98 Å². The van der Waals surface area contributed by atoms with E-state index in [-0.39, 0.29) is 0 Å². The summed E-state index contributed by atoms with van der Waals surface area (Å²) in [5.41, 5.74) is 8.01. The Morgan fingerprint density at radius 1 is 0.857 bits per heavy atom. The average molecular weight is 554 g/mol. The number of hydrogen-bond donors (Lipinski definition) is 1. The lowest BCUT2D eigenvalue weighted by Crippen LogP contribution is -2.32. The van der Waals surface area contributed by atoms with Gasteiger partial charge < -0.3 is 14.5 Å². The fourth-order valence-electron chi connectivity index (χ4n) is 5.88. The Labute approximate surface area is 245 Å². The molecule has 7 rings (SSSR count). The molecule has 1 unspecified atom stereocenters. The molecule has 1 N–H and O–H groups in total. The summed E-state index contributed by atoms with van der Waals surface area (Å²) >= 11 is 0. The fraction of sp³-hybridized carbons (Fsp3) is 0.200. The second kappa shape index (κ2) is 11.5. The highest BCUT2D eigenvalue weighted by Gasteiger charge is 2.26. The quantitative estimate of drug-likeness (QED) is 0.226. The van der Waals surface area contributed by atoms with Gasteiger partial charge in [0, 0.05) is 34.7 Å². The lowest BCUT2D eigenvalue weighted by molar-refractivity contribution is -0.109. The first-order chi connectivity index (χ1) is 20.7. The minimum Gasteiger partial charge on any atom is -0.420 e. The number of carbonyl (C=O) groups excluding carboxylic acids is 1. The molecule has 42 heavy (non-hydrogen) atoms. The molecule has 0 saturated carbocycles. The number of aromatic nitrogens is 3. The van der Waals surface area contributed by atoms with E-state index in [2.05, 4.69) is 62.9 Å². The number of benzene rings is 3. The van der Waals surface area contributed by atoms with Crippen LogP contribution in [-0.4, -0.2) is 39.5 Å². The zero-order valence-corrected chi connectivity index (χ0v) is 23.2. The monoisotopic (exact) mass is 553 g/mol. The molecule has 0 radical (unpaired) electrons. The van der Waals surface area contributed by atoms with Gasteiger partial charge in [0.1, 0.15) is 12.3 Å². The Bertz CT molecular complexity index is 1710. The predicted octanol–water partition coefficient (Wildman–Crippen LogP) is 6.66. The van der Waals surface area contributed by atoms with E-state index in [9.17, 15) is 4.79 Å². The molecule has 1 saturated heterocycles. The van der Waals surface area contributed by atoms with Crippen molar-refractivity contribution in [3.05, 3.63) is 120 Å². The molecular weight excluding hydrogens is 522 g/mol. The van der Waals surface area contributed by atoms with Crippen LogP contribution >= 0.6 is 0 Å². The summed E-state index contributed by atoms with van der Waals surface area (Å²) in [5, 5.41) is 11.8. The molecule has 0 bridgehead atoms. The molecule has 1 atom stereocenters. The van der Waals surface area contributed by atoms with Gasteiger partial charge in [-0.15, -0.1) is 10.2 Å². The average Bonchev–Trinajstić information content (AvgIpc) is 3.56. The largest absolute Gasteiger partial charge is 0.420 e. The number of piperidine rings is 1. The van der Waals surface area contributed by atoms with Crippen LogP contribution in [0.5, 0.6) is 0 Å². The van der Waals surface area contributed by atoms with Gasteiger partial charge in [-0.3, -0.25) is 4.90 Å². The van der Waals surface area contributed by atoms with Crippen molar-refractivity contribution in [2.45, 2.75) is 31.3 Å².